The molecule has 2 aromatic heterocycles. The normalized spacial score (nSPS) is 11.6. The van der Waals surface area contributed by atoms with Gasteiger partial charge in [0.05, 0.1) is 22.1 Å². The molecule has 0 N–H and O–H groups in total. The molecule has 20 aromatic carbocycles. The molecule has 0 atom stereocenters. The number of benzene rings is 20. The third-order valence-electron chi connectivity index (χ3n) is 22.7. The predicted octanol–water partition coefficient (Wildman–Crippen LogP) is 30.1. The second-order valence-corrected chi connectivity index (χ2v) is 29.1. The van der Waals surface area contributed by atoms with E-state index < -0.39 is 0 Å². The molecule has 0 aliphatic heterocycles. The van der Waals surface area contributed by atoms with Crippen molar-refractivity contribution in [2.45, 2.75) is 0 Å². The van der Waals surface area contributed by atoms with Gasteiger partial charge in [-0.05, 0) is 237 Å². The van der Waals surface area contributed by atoms with Crippen molar-refractivity contribution in [2.75, 3.05) is 9.80 Å². The Bertz CT molecular complexity index is 7140. The average Bonchev–Trinajstić information content (AvgIpc) is 1.56. The van der Waals surface area contributed by atoms with Crippen LogP contribution in [-0.2, 0) is 0 Å². The Morgan fingerprint density at radius 3 is 0.759 bits per heavy atom. The standard InChI is InChI=1S/2C54H36N2/c1-2-11-37(12-3-1)39-23-29-45(30-24-39)55(46-31-25-40(26-32-46)44-22-21-38-13-4-5-16-43(38)35-44)47-17-10-18-48(36-47)56-51-33-27-41-14-6-8-19-49(41)53(51)54-50-20-9-7-15-42(50)28-34-52(54)56;1-2-10-37(11-3-1)39-20-26-45(27-21-39)55(46-28-22-40(23-29-46)44-19-18-38-12-4-5-15-43(38)36-44)47-30-32-48(33-31-47)56-51-34-24-41-13-6-8-16-49(41)53(51)54-50-17-9-7-14-42(50)25-35-52(54)56/h2*1-36H. The van der Waals surface area contributed by atoms with Crippen LogP contribution in [0.2, 0.25) is 0 Å². The number of nitrogens with zero attached hydrogens (tertiary/aromatic N) is 4. The summed E-state index contributed by atoms with van der Waals surface area (Å²) in [7, 11) is 0. The summed E-state index contributed by atoms with van der Waals surface area (Å²) in [6, 6.07) is 159. The average molecular weight is 1430 g/mol. The van der Waals surface area contributed by atoms with Crippen LogP contribution in [0.1, 0.15) is 0 Å². The molecule has 0 spiro atoms. The quantitative estimate of drug-likeness (QED) is 0.121. The first kappa shape index (κ1) is 65.5. The van der Waals surface area contributed by atoms with Gasteiger partial charge in [-0.15, -0.1) is 0 Å². The summed E-state index contributed by atoms with van der Waals surface area (Å²) in [5, 5.41) is 20.3. The minimum Gasteiger partial charge on any atom is -0.311 e. The Balaban J connectivity index is 0.000000141. The van der Waals surface area contributed by atoms with Crippen LogP contribution >= 0.6 is 0 Å². The van der Waals surface area contributed by atoms with Gasteiger partial charge in [-0.3, -0.25) is 0 Å². The van der Waals surface area contributed by atoms with E-state index in [9.17, 15) is 0 Å². The lowest BCUT2D eigenvalue weighted by molar-refractivity contribution is 1.17. The van der Waals surface area contributed by atoms with Crippen LogP contribution in [0.4, 0.5) is 34.1 Å². The van der Waals surface area contributed by atoms with E-state index in [0.29, 0.717) is 0 Å². The van der Waals surface area contributed by atoms with E-state index in [1.54, 1.807) is 0 Å². The van der Waals surface area contributed by atoms with Gasteiger partial charge in [0.15, 0.2) is 0 Å². The van der Waals surface area contributed by atoms with Gasteiger partial charge in [0.2, 0.25) is 0 Å². The van der Waals surface area contributed by atoms with Crippen LogP contribution in [0.25, 0.3) is 164 Å². The summed E-state index contributed by atoms with van der Waals surface area (Å²) in [5.74, 6) is 0. The van der Waals surface area contributed by atoms with Crippen LogP contribution in [0.5, 0.6) is 0 Å². The largest absolute Gasteiger partial charge is 0.311 e. The van der Waals surface area contributed by atoms with Crippen LogP contribution in [-0.4, -0.2) is 9.13 Å². The highest BCUT2D eigenvalue weighted by atomic mass is 15.2. The lowest BCUT2D eigenvalue weighted by atomic mass is 10.00. The van der Waals surface area contributed by atoms with E-state index in [1.165, 1.54) is 153 Å². The number of anilines is 6. The summed E-state index contributed by atoms with van der Waals surface area (Å²) in [6.07, 6.45) is 0. The summed E-state index contributed by atoms with van der Waals surface area (Å²) < 4.78 is 4.89. The Morgan fingerprint density at radius 2 is 0.402 bits per heavy atom. The minimum atomic E-state index is 1.09. The van der Waals surface area contributed by atoms with Crippen molar-refractivity contribution in [3.63, 3.8) is 0 Å². The molecule has 4 heteroatoms. The molecule has 0 aliphatic rings. The van der Waals surface area contributed by atoms with Crippen molar-refractivity contribution in [3.05, 3.63) is 437 Å². The fourth-order valence-electron chi connectivity index (χ4n) is 17.3. The van der Waals surface area contributed by atoms with Gasteiger partial charge >= 0.3 is 0 Å². The highest BCUT2D eigenvalue weighted by molar-refractivity contribution is 6.30. The molecule has 0 radical (unpaired) electrons. The Kier molecular flexibility index (Phi) is 16.2. The fraction of sp³-hybridized carbons (Fsp3) is 0. The van der Waals surface area contributed by atoms with E-state index >= 15 is 0 Å². The summed E-state index contributed by atoms with van der Waals surface area (Å²) in [5.41, 5.74) is 23.3. The number of aromatic nitrogens is 2. The van der Waals surface area contributed by atoms with Crippen LogP contribution < -0.4 is 9.80 Å². The first-order valence-corrected chi connectivity index (χ1v) is 38.5. The SMILES string of the molecule is c1ccc(-c2ccc(N(c3ccc(-c4ccc5ccccc5c4)cc3)c3ccc(-n4c5ccc6ccccc6c5c5c6ccccc6ccc54)cc3)cc2)cc1.c1ccc(-c2ccc(N(c3ccc(-c4ccc5ccccc5c4)cc3)c3cccc(-n4c5ccc6ccccc6c5c5c6ccccc6ccc54)c3)cc2)cc1. The second-order valence-electron chi connectivity index (χ2n) is 29.1. The molecular weight excluding hydrogens is 1350 g/mol. The molecule has 4 nitrogen and oxygen atoms in total. The summed E-state index contributed by atoms with van der Waals surface area (Å²) >= 11 is 0. The fourth-order valence-corrected chi connectivity index (χ4v) is 17.3. The molecule has 112 heavy (non-hydrogen) atoms. The van der Waals surface area contributed by atoms with Crippen LogP contribution in [0, 0.1) is 0 Å². The predicted molar refractivity (Wildman–Crippen MR) is 478 cm³/mol. The monoisotopic (exact) mass is 1420 g/mol. The Hall–Kier alpha value is -14.8. The zero-order chi connectivity index (χ0) is 74.0. The molecule has 0 fully saturated rings. The highest BCUT2D eigenvalue weighted by Crippen LogP contribution is 2.46. The zero-order valence-electron chi connectivity index (χ0n) is 61.4. The van der Waals surface area contributed by atoms with Gasteiger partial charge in [0.25, 0.3) is 0 Å². The minimum absolute atomic E-state index is 1.09. The third-order valence-corrected chi connectivity index (χ3v) is 22.7. The molecule has 0 unspecified atom stereocenters. The molecule has 2 heterocycles. The van der Waals surface area contributed by atoms with E-state index in [-0.39, 0.29) is 0 Å². The maximum Gasteiger partial charge on any atom is 0.0547 e. The molecule has 0 aliphatic carbocycles. The van der Waals surface area contributed by atoms with Gasteiger partial charge in [0, 0.05) is 67.0 Å². The molecule has 524 valence electrons. The van der Waals surface area contributed by atoms with Gasteiger partial charge in [0.1, 0.15) is 0 Å². The molecule has 0 amide bonds. The number of hydrogen-bond donors (Lipinski definition) is 0. The van der Waals surface area contributed by atoms with Crippen LogP contribution in [0.3, 0.4) is 0 Å². The molecule has 0 saturated carbocycles. The zero-order valence-corrected chi connectivity index (χ0v) is 61.4. The van der Waals surface area contributed by atoms with Gasteiger partial charge in [-0.2, -0.15) is 0 Å². The summed E-state index contributed by atoms with van der Waals surface area (Å²) in [4.78, 5) is 4.73. The molecule has 0 bridgehead atoms. The lowest BCUT2D eigenvalue weighted by Crippen LogP contribution is -2.10. The Morgan fingerprint density at radius 1 is 0.143 bits per heavy atom. The smallest absolute Gasteiger partial charge is 0.0547 e. The van der Waals surface area contributed by atoms with E-state index in [0.717, 1.165) is 45.5 Å². The first-order chi connectivity index (χ1) is 55.5. The Labute approximate surface area is 649 Å². The van der Waals surface area contributed by atoms with Crippen molar-refractivity contribution in [1.29, 1.82) is 0 Å². The maximum absolute atomic E-state index is 2.45. The van der Waals surface area contributed by atoms with Crippen molar-refractivity contribution in [1.82, 2.24) is 9.13 Å². The highest BCUT2D eigenvalue weighted by Gasteiger charge is 2.23. The lowest BCUT2D eigenvalue weighted by Gasteiger charge is -2.26. The topological polar surface area (TPSA) is 16.3 Å². The molecule has 22 rings (SSSR count). The van der Waals surface area contributed by atoms with Crippen molar-refractivity contribution < 1.29 is 0 Å². The number of rotatable bonds is 12. The molecular formula is C108H72N4. The van der Waals surface area contributed by atoms with Crippen molar-refractivity contribution >= 4 is 142 Å². The second kappa shape index (κ2) is 27.7. The third kappa shape index (κ3) is 11.6. The van der Waals surface area contributed by atoms with E-state index in [4.69, 9.17) is 0 Å². The first-order valence-electron chi connectivity index (χ1n) is 38.5. The number of fused-ring (bicyclic) bond motifs is 16. The summed E-state index contributed by atoms with van der Waals surface area (Å²) in [6.45, 7) is 0. The van der Waals surface area contributed by atoms with Crippen molar-refractivity contribution in [3.8, 4) is 55.9 Å². The van der Waals surface area contributed by atoms with Gasteiger partial charge in [-0.25, -0.2) is 0 Å². The molecule has 0 saturated heterocycles. The van der Waals surface area contributed by atoms with Gasteiger partial charge < -0.3 is 18.9 Å². The van der Waals surface area contributed by atoms with Crippen molar-refractivity contribution in [2.24, 2.45) is 0 Å². The van der Waals surface area contributed by atoms with Gasteiger partial charge in [-0.1, -0.05) is 309 Å². The van der Waals surface area contributed by atoms with E-state index in [2.05, 4.69) is 456 Å². The van der Waals surface area contributed by atoms with Crippen LogP contribution in [0.15, 0.2) is 437 Å². The maximum atomic E-state index is 2.45. The number of hydrogen-bond acceptors (Lipinski definition) is 2. The van der Waals surface area contributed by atoms with E-state index in [1.807, 2.05) is 0 Å². The molecule has 22 aromatic rings.